The van der Waals surface area contributed by atoms with Crippen molar-refractivity contribution in [3.8, 4) is 5.75 Å². The number of carbonyl (C=O) groups is 1. The maximum Gasteiger partial charge on any atom is 0.251 e. The smallest absolute Gasteiger partial charge is 0.251 e. The van der Waals surface area contributed by atoms with Crippen LogP contribution in [0.2, 0.25) is 0 Å². The van der Waals surface area contributed by atoms with E-state index in [1.165, 1.54) is 12.8 Å². The Kier molecular flexibility index (Phi) is 6.67. The van der Waals surface area contributed by atoms with Crippen molar-refractivity contribution in [2.75, 3.05) is 6.61 Å². The maximum atomic E-state index is 12.5. The number of nitrogens with one attached hydrogen (secondary N) is 1. The van der Waals surface area contributed by atoms with Gasteiger partial charge in [-0.3, -0.25) is 4.79 Å². The highest BCUT2D eigenvalue weighted by molar-refractivity contribution is 5.94. The fraction of sp³-hybridized carbons (Fsp3) is 0.409. The molecule has 1 saturated carbocycles. The number of benzene rings is 2. The normalized spacial score (nSPS) is 14.3. The SMILES string of the molecule is CCOc1ccc(C(=O)NC2CCCC2)cc1COCc1ccccc1. The number of hydrogen-bond acceptors (Lipinski definition) is 3. The molecule has 1 fully saturated rings. The van der Waals surface area contributed by atoms with Gasteiger partial charge in [-0.1, -0.05) is 43.2 Å². The molecule has 0 aliphatic heterocycles. The summed E-state index contributed by atoms with van der Waals surface area (Å²) >= 11 is 0. The summed E-state index contributed by atoms with van der Waals surface area (Å²) in [7, 11) is 0. The number of amides is 1. The van der Waals surface area contributed by atoms with Crippen LogP contribution in [0.4, 0.5) is 0 Å². The fourth-order valence-electron chi connectivity index (χ4n) is 3.32. The lowest BCUT2D eigenvalue weighted by Crippen LogP contribution is -2.32. The number of rotatable bonds is 8. The standard InChI is InChI=1S/C22H27NO3/c1-2-26-21-13-12-18(22(24)23-20-10-6-7-11-20)14-19(21)16-25-15-17-8-4-3-5-9-17/h3-5,8-9,12-14,20H,2,6-7,10-11,15-16H2,1H3,(H,23,24). The summed E-state index contributed by atoms with van der Waals surface area (Å²) in [5.74, 6) is 0.766. The van der Waals surface area contributed by atoms with E-state index in [1.807, 2.05) is 55.5 Å². The number of hydrogen-bond donors (Lipinski definition) is 1. The quantitative estimate of drug-likeness (QED) is 0.761. The zero-order valence-corrected chi connectivity index (χ0v) is 15.4. The predicted molar refractivity (Wildman–Crippen MR) is 102 cm³/mol. The molecule has 0 atom stereocenters. The van der Waals surface area contributed by atoms with E-state index in [4.69, 9.17) is 9.47 Å². The van der Waals surface area contributed by atoms with Crippen molar-refractivity contribution in [2.24, 2.45) is 0 Å². The number of ether oxygens (including phenoxy) is 2. The number of carbonyl (C=O) groups excluding carboxylic acids is 1. The van der Waals surface area contributed by atoms with Gasteiger partial charge in [0.05, 0.1) is 19.8 Å². The highest BCUT2D eigenvalue weighted by Crippen LogP contribution is 2.23. The molecule has 0 saturated heterocycles. The minimum atomic E-state index is -0.00995. The zero-order chi connectivity index (χ0) is 18.2. The van der Waals surface area contributed by atoms with Crippen LogP contribution in [0.3, 0.4) is 0 Å². The Balaban J connectivity index is 1.65. The Bertz CT molecular complexity index is 709. The molecule has 3 rings (SSSR count). The molecule has 0 aromatic heterocycles. The van der Waals surface area contributed by atoms with Gasteiger partial charge in [-0.05, 0) is 43.5 Å². The van der Waals surface area contributed by atoms with E-state index in [0.29, 0.717) is 31.4 Å². The van der Waals surface area contributed by atoms with Gasteiger partial charge in [-0.2, -0.15) is 0 Å². The molecule has 1 aliphatic rings. The summed E-state index contributed by atoms with van der Waals surface area (Å²) in [4.78, 5) is 12.5. The molecule has 0 unspecified atom stereocenters. The van der Waals surface area contributed by atoms with Crippen molar-refractivity contribution in [3.63, 3.8) is 0 Å². The molecule has 4 nitrogen and oxygen atoms in total. The molecule has 26 heavy (non-hydrogen) atoms. The monoisotopic (exact) mass is 353 g/mol. The van der Waals surface area contributed by atoms with E-state index >= 15 is 0 Å². The van der Waals surface area contributed by atoms with Crippen LogP contribution in [0, 0.1) is 0 Å². The Hall–Kier alpha value is -2.33. The van der Waals surface area contributed by atoms with Gasteiger partial charge in [-0.15, -0.1) is 0 Å². The summed E-state index contributed by atoms with van der Waals surface area (Å²) < 4.78 is 11.5. The molecule has 0 radical (unpaired) electrons. The summed E-state index contributed by atoms with van der Waals surface area (Å²) in [5.41, 5.74) is 2.70. The summed E-state index contributed by atoms with van der Waals surface area (Å²) in [6, 6.07) is 16.0. The average molecular weight is 353 g/mol. The molecule has 2 aromatic carbocycles. The van der Waals surface area contributed by atoms with Crippen molar-refractivity contribution in [1.29, 1.82) is 0 Å². The van der Waals surface area contributed by atoms with E-state index in [-0.39, 0.29) is 5.91 Å². The second-order valence-corrected chi connectivity index (χ2v) is 6.69. The molecule has 4 heteroatoms. The third-order valence-electron chi connectivity index (χ3n) is 4.68. The van der Waals surface area contributed by atoms with Crippen LogP contribution < -0.4 is 10.1 Å². The molecule has 0 bridgehead atoms. The summed E-state index contributed by atoms with van der Waals surface area (Å²) in [5, 5.41) is 3.14. The van der Waals surface area contributed by atoms with Gasteiger partial charge in [0.1, 0.15) is 5.75 Å². The van der Waals surface area contributed by atoms with Gasteiger partial charge in [0.2, 0.25) is 0 Å². The third-order valence-corrected chi connectivity index (χ3v) is 4.68. The Labute approximate surface area is 155 Å². The van der Waals surface area contributed by atoms with Crippen LogP contribution in [0.25, 0.3) is 0 Å². The molecule has 0 spiro atoms. The first-order valence-corrected chi connectivity index (χ1v) is 9.44. The second kappa shape index (κ2) is 9.39. The topological polar surface area (TPSA) is 47.6 Å². The molecular formula is C22H27NO3. The van der Waals surface area contributed by atoms with E-state index in [1.54, 1.807) is 0 Å². The van der Waals surface area contributed by atoms with E-state index in [9.17, 15) is 4.79 Å². The first-order chi connectivity index (χ1) is 12.8. The molecule has 2 aromatic rings. The van der Waals surface area contributed by atoms with Crippen molar-refractivity contribution in [3.05, 3.63) is 65.2 Å². The van der Waals surface area contributed by atoms with Crippen molar-refractivity contribution >= 4 is 5.91 Å². The van der Waals surface area contributed by atoms with Crippen LogP contribution >= 0.6 is 0 Å². The van der Waals surface area contributed by atoms with Gasteiger partial charge in [0.25, 0.3) is 5.91 Å². The average Bonchev–Trinajstić information content (AvgIpc) is 3.17. The third kappa shape index (κ3) is 5.09. The minimum Gasteiger partial charge on any atom is -0.494 e. The molecule has 1 aliphatic carbocycles. The molecule has 138 valence electrons. The lowest BCUT2D eigenvalue weighted by Gasteiger charge is -2.15. The van der Waals surface area contributed by atoms with Gasteiger partial charge >= 0.3 is 0 Å². The van der Waals surface area contributed by atoms with Crippen LogP contribution in [-0.4, -0.2) is 18.6 Å². The molecule has 1 amide bonds. The van der Waals surface area contributed by atoms with Crippen LogP contribution in [-0.2, 0) is 18.0 Å². The van der Waals surface area contributed by atoms with Gasteiger partial charge in [-0.25, -0.2) is 0 Å². The Morgan fingerprint density at radius 2 is 1.85 bits per heavy atom. The van der Waals surface area contributed by atoms with E-state index < -0.39 is 0 Å². The van der Waals surface area contributed by atoms with Gasteiger partial charge in [0.15, 0.2) is 0 Å². The molecular weight excluding hydrogens is 326 g/mol. The van der Waals surface area contributed by atoms with Crippen LogP contribution in [0.15, 0.2) is 48.5 Å². The lowest BCUT2D eigenvalue weighted by atomic mass is 10.1. The minimum absolute atomic E-state index is 0.00995. The second-order valence-electron chi connectivity index (χ2n) is 6.69. The van der Waals surface area contributed by atoms with Gasteiger partial charge in [0, 0.05) is 17.2 Å². The molecule has 0 heterocycles. The first kappa shape index (κ1) is 18.5. The highest BCUT2D eigenvalue weighted by atomic mass is 16.5. The van der Waals surface area contributed by atoms with Crippen LogP contribution in [0.1, 0.15) is 54.1 Å². The predicted octanol–water partition coefficient (Wildman–Crippen LogP) is 4.47. The first-order valence-electron chi connectivity index (χ1n) is 9.44. The van der Waals surface area contributed by atoms with Crippen molar-refractivity contribution in [2.45, 2.75) is 51.9 Å². The largest absolute Gasteiger partial charge is 0.494 e. The molecule has 1 N–H and O–H groups in total. The highest BCUT2D eigenvalue weighted by Gasteiger charge is 2.18. The van der Waals surface area contributed by atoms with Crippen molar-refractivity contribution in [1.82, 2.24) is 5.32 Å². The van der Waals surface area contributed by atoms with Gasteiger partial charge < -0.3 is 14.8 Å². The Morgan fingerprint density at radius 1 is 1.08 bits per heavy atom. The summed E-state index contributed by atoms with van der Waals surface area (Å²) in [6.45, 7) is 3.48. The summed E-state index contributed by atoms with van der Waals surface area (Å²) in [6.07, 6.45) is 4.56. The fourth-order valence-corrected chi connectivity index (χ4v) is 3.32. The van der Waals surface area contributed by atoms with E-state index in [0.717, 1.165) is 29.7 Å². The van der Waals surface area contributed by atoms with Crippen LogP contribution in [0.5, 0.6) is 5.75 Å². The van der Waals surface area contributed by atoms with Crippen molar-refractivity contribution < 1.29 is 14.3 Å². The van der Waals surface area contributed by atoms with E-state index in [2.05, 4.69) is 5.32 Å². The Morgan fingerprint density at radius 3 is 2.58 bits per heavy atom. The zero-order valence-electron chi connectivity index (χ0n) is 15.4. The maximum absolute atomic E-state index is 12.5. The lowest BCUT2D eigenvalue weighted by molar-refractivity contribution is 0.0935.